The third kappa shape index (κ3) is 4.46. The summed E-state index contributed by atoms with van der Waals surface area (Å²) >= 11 is 7.48. The van der Waals surface area contributed by atoms with Crippen molar-refractivity contribution >= 4 is 34.5 Å². The van der Waals surface area contributed by atoms with Gasteiger partial charge in [-0.1, -0.05) is 49.2 Å². The molecule has 3 rings (SSSR count). The Morgan fingerprint density at radius 3 is 2.48 bits per heavy atom. The number of nitro groups is 1. The van der Waals surface area contributed by atoms with Crippen molar-refractivity contribution in [1.29, 1.82) is 0 Å². The highest BCUT2D eigenvalue weighted by molar-refractivity contribution is 7.09. The number of aryl methyl sites for hydroxylation is 1. The number of amides is 1. The second-order valence-corrected chi connectivity index (χ2v) is 7.85. The molecule has 1 heterocycles. The van der Waals surface area contributed by atoms with Gasteiger partial charge in [0.1, 0.15) is 5.56 Å². The average molecular weight is 430 g/mol. The van der Waals surface area contributed by atoms with Crippen molar-refractivity contribution in [1.82, 2.24) is 4.57 Å². The van der Waals surface area contributed by atoms with E-state index in [9.17, 15) is 14.9 Å². The Kier molecular flexibility index (Phi) is 6.61. The molecule has 3 aromatic rings. The van der Waals surface area contributed by atoms with Gasteiger partial charge in [0.05, 0.1) is 10.6 Å². The molecule has 2 aromatic carbocycles. The monoisotopic (exact) mass is 429 g/mol. The summed E-state index contributed by atoms with van der Waals surface area (Å²) in [5, 5.41) is 11.9. The first-order valence-corrected chi connectivity index (χ1v) is 10.5. The standard InChI is InChI=1S/C21H20ClN3O3S/c1-3-7-18-19(14-10-12-15(22)13-11-14)24(4-2)21(29-18)23-20(26)16-8-5-6-9-17(16)25(27)28/h5-6,8-13H,3-4,7H2,1-2H3. The fourth-order valence-corrected chi connectivity index (χ4v) is 4.55. The summed E-state index contributed by atoms with van der Waals surface area (Å²) in [7, 11) is 0. The van der Waals surface area contributed by atoms with Gasteiger partial charge in [-0.2, -0.15) is 4.99 Å². The maximum Gasteiger partial charge on any atom is 0.286 e. The summed E-state index contributed by atoms with van der Waals surface area (Å²) in [4.78, 5) is 29.4. The Hall–Kier alpha value is -2.77. The van der Waals surface area contributed by atoms with Crippen LogP contribution in [0.2, 0.25) is 5.02 Å². The Bertz CT molecular complexity index is 1120. The van der Waals surface area contributed by atoms with Crippen molar-refractivity contribution in [3.63, 3.8) is 0 Å². The van der Waals surface area contributed by atoms with E-state index in [0.717, 1.165) is 29.0 Å². The highest BCUT2D eigenvalue weighted by Crippen LogP contribution is 2.28. The van der Waals surface area contributed by atoms with E-state index in [4.69, 9.17) is 11.6 Å². The van der Waals surface area contributed by atoms with Gasteiger partial charge in [-0.3, -0.25) is 14.9 Å². The van der Waals surface area contributed by atoms with Gasteiger partial charge in [0.2, 0.25) is 0 Å². The van der Waals surface area contributed by atoms with Crippen LogP contribution in [0.4, 0.5) is 5.69 Å². The van der Waals surface area contributed by atoms with Crippen LogP contribution in [0, 0.1) is 10.1 Å². The summed E-state index contributed by atoms with van der Waals surface area (Å²) in [6.07, 6.45) is 1.79. The quantitative estimate of drug-likeness (QED) is 0.384. The smallest absolute Gasteiger partial charge is 0.286 e. The van der Waals surface area contributed by atoms with E-state index in [1.807, 2.05) is 35.8 Å². The molecule has 0 unspecified atom stereocenters. The van der Waals surface area contributed by atoms with Crippen LogP contribution in [0.1, 0.15) is 35.5 Å². The molecule has 0 radical (unpaired) electrons. The molecule has 1 amide bonds. The molecule has 1 aromatic heterocycles. The molecule has 8 heteroatoms. The molecule has 0 aliphatic carbocycles. The Labute approximate surface area is 177 Å². The molecule has 0 bridgehead atoms. The fraction of sp³-hybridized carbons (Fsp3) is 0.238. The van der Waals surface area contributed by atoms with Crippen LogP contribution in [0.25, 0.3) is 11.3 Å². The minimum atomic E-state index is -0.619. The van der Waals surface area contributed by atoms with Crippen molar-refractivity contribution < 1.29 is 9.72 Å². The predicted octanol–water partition coefficient (Wildman–Crippen LogP) is 5.49. The van der Waals surface area contributed by atoms with Crippen molar-refractivity contribution in [2.45, 2.75) is 33.2 Å². The number of nitro benzene ring substituents is 1. The lowest BCUT2D eigenvalue weighted by atomic mass is 10.1. The molecule has 0 fully saturated rings. The second kappa shape index (κ2) is 9.15. The van der Waals surface area contributed by atoms with E-state index in [-0.39, 0.29) is 11.3 Å². The van der Waals surface area contributed by atoms with Crippen molar-refractivity contribution in [3.8, 4) is 11.3 Å². The zero-order valence-corrected chi connectivity index (χ0v) is 17.7. The number of hydrogen-bond acceptors (Lipinski definition) is 4. The van der Waals surface area contributed by atoms with Crippen LogP contribution < -0.4 is 4.80 Å². The number of halogens is 1. The molecular weight excluding hydrogens is 410 g/mol. The first-order valence-electron chi connectivity index (χ1n) is 9.27. The van der Waals surface area contributed by atoms with E-state index in [1.54, 1.807) is 6.07 Å². The summed E-state index contributed by atoms with van der Waals surface area (Å²) in [6, 6.07) is 13.4. The summed E-state index contributed by atoms with van der Waals surface area (Å²) in [5.41, 5.74) is 1.74. The van der Waals surface area contributed by atoms with Gasteiger partial charge in [-0.15, -0.1) is 11.3 Å². The van der Waals surface area contributed by atoms with Gasteiger partial charge in [0, 0.05) is 22.5 Å². The third-order valence-corrected chi connectivity index (χ3v) is 5.81. The fourth-order valence-electron chi connectivity index (χ4n) is 3.12. The maximum absolute atomic E-state index is 12.8. The number of carbonyl (C=O) groups excluding carboxylic acids is 1. The SMILES string of the molecule is CCCc1sc(=NC(=O)c2ccccc2[N+](=O)[O-])n(CC)c1-c1ccc(Cl)cc1. The lowest BCUT2D eigenvalue weighted by Crippen LogP contribution is -2.17. The number of para-hydroxylation sites is 1. The molecule has 0 saturated carbocycles. The summed E-state index contributed by atoms with van der Waals surface area (Å²) < 4.78 is 1.98. The Morgan fingerprint density at radius 2 is 1.86 bits per heavy atom. The van der Waals surface area contributed by atoms with Crippen LogP contribution in [-0.2, 0) is 13.0 Å². The zero-order chi connectivity index (χ0) is 21.0. The lowest BCUT2D eigenvalue weighted by molar-refractivity contribution is -0.385. The van der Waals surface area contributed by atoms with Crippen LogP contribution in [0.5, 0.6) is 0 Å². The van der Waals surface area contributed by atoms with Crippen LogP contribution in [0.15, 0.2) is 53.5 Å². The van der Waals surface area contributed by atoms with Gasteiger partial charge < -0.3 is 4.57 Å². The number of nitrogens with zero attached hydrogens (tertiary/aromatic N) is 3. The van der Waals surface area contributed by atoms with Crippen LogP contribution in [0.3, 0.4) is 0 Å². The minimum absolute atomic E-state index is 0.0152. The Balaban J connectivity index is 2.17. The van der Waals surface area contributed by atoms with E-state index >= 15 is 0 Å². The summed E-state index contributed by atoms with van der Waals surface area (Å²) in [5.74, 6) is -0.619. The number of aromatic nitrogens is 1. The van der Waals surface area contributed by atoms with Crippen molar-refractivity contribution in [3.05, 3.63) is 78.9 Å². The van der Waals surface area contributed by atoms with E-state index in [1.165, 1.54) is 29.5 Å². The highest BCUT2D eigenvalue weighted by atomic mass is 35.5. The van der Waals surface area contributed by atoms with Crippen LogP contribution >= 0.6 is 22.9 Å². The minimum Gasteiger partial charge on any atom is -0.316 e. The first-order chi connectivity index (χ1) is 14.0. The van der Waals surface area contributed by atoms with Gasteiger partial charge in [0.15, 0.2) is 4.80 Å². The van der Waals surface area contributed by atoms with Gasteiger partial charge in [0.25, 0.3) is 11.6 Å². The number of carbonyl (C=O) groups is 1. The first kappa shape index (κ1) is 21.0. The Morgan fingerprint density at radius 1 is 1.17 bits per heavy atom. The van der Waals surface area contributed by atoms with Gasteiger partial charge >= 0.3 is 0 Å². The molecule has 0 spiro atoms. The topological polar surface area (TPSA) is 77.5 Å². The molecule has 0 saturated heterocycles. The average Bonchev–Trinajstić information content (AvgIpc) is 3.05. The molecule has 29 heavy (non-hydrogen) atoms. The largest absolute Gasteiger partial charge is 0.316 e. The molecule has 150 valence electrons. The van der Waals surface area contributed by atoms with E-state index in [2.05, 4.69) is 11.9 Å². The van der Waals surface area contributed by atoms with E-state index in [0.29, 0.717) is 16.4 Å². The second-order valence-electron chi connectivity index (χ2n) is 6.35. The third-order valence-electron chi connectivity index (χ3n) is 4.42. The number of hydrogen-bond donors (Lipinski definition) is 0. The van der Waals surface area contributed by atoms with Crippen LogP contribution in [-0.4, -0.2) is 15.4 Å². The van der Waals surface area contributed by atoms with Gasteiger partial charge in [-0.25, -0.2) is 0 Å². The maximum atomic E-state index is 12.8. The molecular formula is C21H20ClN3O3S. The number of rotatable bonds is 6. The number of benzene rings is 2. The highest BCUT2D eigenvalue weighted by Gasteiger charge is 2.20. The van der Waals surface area contributed by atoms with Crippen molar-refractivity contribution in [2.75, 3.05) is 0 Å². The molecule has 0 N–H and O–H groups in total. The normalized spacial score (nSPS) is 11.6. The zero-order valence-electron chi connectivity index (χ0n) is 16.1. The molecule has 0 aliphatic rings. The molecule has 0 atom stereocenters. The lowest BCUT2D eigenvalue weighted by Gasteiger charge is -2.09. The number of thiazole rings is 1. The summed E-state index contributed by atoms with van der Waals surface area (Å²) in [6.45, 7) is 4.69. The van der Waals surface area contributed by atoms with E-state index < -0.39 is 10.8 Å². The predicted molar refractivity (Wildman–Crippen MR) is 115 cm³/mol. The van der Waals surface area contributed by atoms with Crippen molar-refractivity contribution in [2.24, 2.45) is 4.99 Å². The molecule has 6 nitrogen and oxygen atoms in total. The molecule has 0 aliphatic heterocycles. The van der Waals surface area contributed by atoms with Gasteiger partial charge in [-0.05, 0) is 37.1 Å².